The van der Waals surface area contributed by atoms with Gasteiger partial charge < -0.3 is 19.9 Å². The van der Waals surface area contributed by atoms with Gasteiger partial charge in [-0.25, -0.2) is 12.4 Å². The molecule has 1 atom stereocenters. The SMILES string of the molecule is C=N/C(=C\C(=C/C)c1cc(COc2ccccc2CC(=O)OC(C)COC)cc2c1ccn2S(=O)(=O)C(C)C)CN. The van der Waals surface area contributed by atoms with Gasteiger partial charge >= 0.3 is 5.97 Å². The minimum absolute atomic E-state index is 0.0356. The van der Waals surface area contributed by atoms with Gasteiger partial charge in [0.05, 0.1) is 29.5 Å². The molecular weight excluding hydrogens is 542 g/mol. The van der Waals surface area contributed by atoms with Crippen molar-refractivity contribution >= 4 is 39.2 Å². The van der Waals surface area contributed by atoms with Crippen LogP contribution < -0.4 is 10.5 Å². The molecule has 3 aromatic rings. The molecule has 0 aliphatic carbocycles. The molecule has 1 unspecified atom stereocenters. The Morgan fingerprint density at radius 3 is 2.54 bits per heavy atom. The molecule has 0 fully saturated rings. The molecule has 2 aromatic carbocycles. The van der Waals surface area contributed by atoms with Crippen LogP contribution in [0.4, 0.5) is 0 Å². The zero-order valence-corrected chi connectivity index (χ0v) is 25.1. The molecule has 0 saturated carbocycles. The number of carbonyl (C=O) groups excluding carboxylic acids is 1. The highest BCUT2D eigenvalue weighted by Gasteiger charge is 2.22. The third kappa shape index (κ3) is 7.72. The summed E-state index contributed by atoms with van der Waals surface area (Å²) in [6.45, 7) is 11.2. The fourth-order valence-corrected chi connectivity index (χ4v) is 5.46. The second-order valence-electron chi connectivity index (χ2n) is 9.85. The quantitative estimate of drug-likeness (QED) is 0.164. The monoisotopic (exact) mass is 581 g/mol. The van der Waals surface area contributed by atoms with Gasteiger partial charge in [-0.3, -0.25) is 9.79 Å². The van der Waals surface area contributed by atoms with E-state index in [2.05, 4.69) is 11.7 Å². The minimum atomic E-state index is -3.63. The Morgan fingerprint density at radius 1 is 1.17 bits per heavy atom. The zero-order valence-electron chi connectivity index (χ0n) is 24.3. The van der Waals surface area contributed by atoms with E-state index < -0.39 is 15.3 Å². The predicted molar refractivity (Wildman–Crippen MR) is 164 cm³/mol. The molecule has 0 saturated heterocycles. The van der Waals surface area contributed by atoms with E-state index in [0.717, 1.165) is 22.1 Å². The number of nitrogens with two attached hydrogens (primary N) is 1. The summed E-state index contributed by atoms with van der Waals surface area (Å²) in [5, 5.41) is 0.144. The number of rotatable bonds is 14. The van der Waals surface area contributed by atoms with E-state index in [-0.39, 0.29) is 31.6 Å². The largest absolute Gasteiger partial charge is 0.489 e. The van der Waals surface area contributed by atoms with Gasteiger partial charge in [-0.2, -0.15) is 0 Å². The van der Waals surface area contributed by atoms with Crippen molar-refractivity contribution in [3.05, 3.63) is 83.2 Å². The fourth-order valence-electron chi connectivity index (χ4n) is 4.35. The van der Waals surface area contributed by atoms with Gasteiger partial charge in [-0.1, -0.05) is 24.3 Å². The standard InChI is InChI=1S/C31H39N3O6S/c1-7-24(16-26(18-32)33-5)28-14-23(15-29-27(28)12-13-34(29)41(36,37)21(2)3)20-39-30-11-9-8-10-25(30)17-31(35)40-22(4)19-38-6/h7-16,21-22H,5,17-20,32H2,1-4,6H3/b24-7+,26-16-. The molecule has 220 valence electrons. The Hall–Kier alpha value is -3.73. The Labute approximate surface area is 242 Å². The maximum Gasteiger partial charge on any atom is 0.310 e. The number of ether oxygens (including phenoxy) is 3. The van der Waals surface area contributed by atoms with Crippen LogP contribution in [-0.4, -0.2) is 56.7 Å². The molecule has 2 N–H and O–H groups in total. The summed E-state index contributed by atoms with van der Waals surface area (Å²) < 4.78 is 44.4. The summed E-state index contributed by atoms with van der Waals surface area (Å²) in [5.41, 5.74) is 10.0. The van der Waals surface area contributed by atoms with Crippen molar-refractivity contribution in [2.75, 3.05) is 20.3 Å². The molecule has 41 heavy (non-hydrogen) atoms. The van der Waals surface area contributed by atoms with Crippen LogP contribution in [0.2, 0.25) is 0 Å². The van der Waals surface area contributed by atoms with Gasteiger partial charge in [0, 0.05) is 30.8 Å². The number of aromatic nitrogens is 1. The predicted octanol–water partition coefficient (Wildman–Crippen LogP) is 4.87. The average molecular weight is 582 g/mol. The lowest BCUT2D eigenvalue weighted by Crippen LogP contribution is -2.21. The summed E-state index contributed by atoms with van der Waals surface area (Å²) >= 11 is 0. The number of allylic oxidation sites excluding steroid dienone is 3. The maximum atomic E-state index is 13.2. The number of esters is 1. The van der Waals surface area contributed by atoms with E-state index in [1.807, 2.05) is 49.4 Å². The van der Waals surface area contributed by atoms with Gasteiger partial charge in [-0.15, -0.1) is 0 Å². The van der Waals surface area contributed by atoms with Crippen LogP contribution in [0, 0.1) is 0 Å². The summed E-state index contributed by atoms with van der Waals surface area (Å²) in [4.78, 5) is 16.5. The Bertz CT molecular complexity index is 1550. The van der Waals surface area contributed by atoms with Gasteiger partial charge in [0.1, 0.15) is 18.5 Å². The van der Waals surface area contributed by atoms with Gasteiger partial charge in [0.25, 0.3) is 0 Å². The Balaban J connectivity index is 2.03. The molecule has 3 rings (SSSR count). The number of benzene rings is 2. The summed E-state index contributed by atoms with van der Waals surface area (Å²) in [7, 11) is -2.08. The summed E-state index contributed by atoms with van der Waals surface area (Å²) in [6, 6.07) is 12.8. The van der Waals surface area contributed by atoms with Crippen molar-refractivity contribution < 1.29 is 27.4 Å². The first-order valence-corrected chi connectivity index (χ1v) is 14.9. The van der Waals surface area contributed by atoms with E-state index in [1.54, 1.807) is 46.2 Å². The highest BCUT2D eigenvalue weighted by molar-refractivity contribution is 7.90. The van der Waals surface area contributed by atoms with E-state index in [9.17, 15) is 13.2 Å². The van der Waals surface area contributed by atoms with Crippen molar-refractivity contribution in [2.24, 2.45) is 10.7 Å². The van der Waals surface area contributed by atoms with Gasteiger partial charge in [-0.05, 0) is 81.5 Å². The van der Waals surface area contributed by atoms with Crippen molar-refractivity contribution in [3.63, 3.8) is 0 Å². The molecule has 0 bridgehead atoms. The molecule has 0 aliphatic rings. The second kappa shape index (κ2) is 14.2. The molecule has 9 nitrogen and oxygen atoms in total. The fraction of sp³-hybridized carbons (Fsp3) is 0.355. The van der Waals surface area contributed by atoms with Crippen LogP contribution >= 0.6 is 0 Å². The van der Waals surface area contributed by atoms with Gasteiger partial charge in [0.15, 0.2) is 0 Å². The molecule has 10 heteroatoms. The first-order chi connectivity index (χ1) is 19.5. The topological polar surface area (TPSA) is 122 Å². The number of hydrogen-bond donors (Lipinski definition) is 1. The van der Waals surface area contributed by atoms with E-state index in [0.29, 0.717) is 29.1 Å². The Morgan fingerprint density at radius 2 is 1.90 bits per heavy atom. The van der Waals surface area contributed by atoms with E-state index >= 15 is 0 Å². The summed E-state index contributed by atoms with van der Waals surface area (Å²) in [6.07, 6.45) is 5.00. The van der Waals surface area contributed by atoms with E-state index in [1.165, 1.54) is 3.97 Å². The lowest BCUT2D eigenvalue weighted by Gasteiger charge is -2.16. The van der Waals surface area contributed by atoms with Crippen LogP contribution in [0.15, 0.2) is 71.5 Å². The van der Waals surface area contributed by atoms with Crippen molar-refractivity contribution in [2.45, 2.75) is 52.1 Å². The molecule has 1 aromatic heterocycles. The van der Waals surface area contributed by atoms with Crippen molar-refractivity contribution in [1.29, 1.82) is 0 Å². The van der Waals surface area contributed by atoms with Crippen LogP contribution in [-0.2, 0) is 37.3 Å². The molecule has 0 amide bonds. The smallest absolute Gasteiger partial charge is 0.310 e. The maximum absolute atomic E-state index is 13.2. The number of fused-ring (bicyclic) bond motifs is 1. The normalized spacial score (nSPS) is 13.4. The van der Waals surface area contributed by atoms with Crippen LogP contribution in [0.3, 0.4) is 0 Å². The number of carbonyl (C=O) groups is 1. The molecule has 1 heterocycles. The third-order valence-electron chi connectivity index (χ3n) is 6.49. The molecule has 0 aliphatic heterocycles. The van der Waals surface area contributed by atoms with Crippen LogP contribution in [0.5, 0.6) is 5.75 Å². The highest BCUT2D eigenvalue weighted by Crippen LogP contribution is 2.32. The lowest BCUT2D eigenvalue weighted by molar-refractivity contribution is -0.149. The summed E-state index contributed by atoms with van der Waals surface area (Å²) in [5.74, 6) is 0.144. The lowest BCUT2D eigenvalue weighted by atomic mass is 9.98. The highest BCUT2D eigenvalue weighted by atomic mass is 32.2. The minimum Gasteiger partial charge on any atom is -0.489 e. The number of hydrogen-bond acceptors (Lipinski definition) is 8. The van der Waals surface area contributed by atoms with Crippen LogP contribution in [0.25, 0.3) is 16.5 Å². The first kappa shape index (κ1) is 31.8. The third-order valence-corrected chi connectivity index (χ3v) is 8.55. The molecule has 0 radical (unpaired) electrons. The number of nitrogens with zero attached hydrogens (tertiary/aromatic N) is 2. The average Bonchev–Trinajstić information content (AvgIpc) is 3.38. The van der Waals surface area contributed by atoms with Gasteiger partial charge in [0.2, 0.25) is 10.0 Å². The van der Waals surface area contributed by atoms with Crippen LogP contribution in [0.1, 0.15) is 44.4 Å². The number of methoxy groups -OCH3 is 1. The molecule has 0 spiro atoms. The second-order valence-corrected chi connectivity index (χ2v) is 12.2. The van der Waals surface area contributed by atoms with Crippen molar-refractivity contribution in [3.8, 4) is 5.75 Å². The first-order valence-electron chi connectivity index (χ1n) is 13.4. The van der Waals surface area contributed by atoms with Crippen molar-refractivity contribution in [1.82, 2.24) is 3.97 Å². The van der Waals surface area contributed by atoms with E-state index in [4.69, 9.17) is 19.9 Å². The number of aliphatic imine (C=N–C) groups is 1. The number of para-hydroxylation sites is 1. The zero-order chi connectivity index (χ0) is 30.2. The molecular formula is C31H39N3O6S. The Kier molecular flexibility index (Phi) is 11.0.